The molecule has 0 aliphatic heterocycles. The fourth-order valence-electron chi connectivity index (χ4n) is 3.21. The summed E-state index contributed by atoms with van der Waals surface area (Å²) in [7, 11) is 0. The highest BCUT2D eigenvalue weighted by Crippen LogP contribution is 2.23. The molecule has 1 unspecified atom stereocenters. The van der Waals surface area contributed by atoms with Gasteiger partial charge in [-0.25, -0.2) is 0 Å². The number of nitrogens with zero attached hydrogens (tertiary/aromatic N) is 3. The summed E-state index contributed by atoms with van der Waals surface area (Å²) < 4.78 is 0.971. The normalized spacial score (nSPS) is 12.1. The summed E-state index contributed by atoms with van der Waals surface area (Å²) in [5, 5.41) is 0. The summed E-state index contributed by atoms with van der Waals surface area (Å²) in [5.74, 6) is -0.344. The van der Waals surface area contributed by atoms with Crippen molar-refractivity contribution < 1.29 is 4.79 Å². The van der Waals surface area contributed by atoms with E-state index in [1.54, 1.807) is 18.6 Å². The molecule has 3 aromatic rings. The van der Waals surface area contributed by atoms with Gasteiger partial charge in [-0.05, 0) is 59.9 Å². The van der Waals surface area contributed by atoms with E-state index in [0.717, 1.165) is 28.4 Å². The van der Waals surface area contributed by atoms with Crippen molar-refractivity contribution in [1.82, 2.24) is 14.9 Å². The van der Waals surface area contributed by atoms with E-state index in [9.17, 15) is 4.79 Å². The zero-order chi connectivity index (χ0) is 19.8. The first kappa shape index (κ1) is 20.2. The molecular formula is C22H23BrN4O. The lowest BCUT2D eigenvalue weighted by molar-refractivity contribution is -0.123. The highest BCUT2D eigenvalue weighted by Gasteiger charge is 2.25. The maximum atomic E-state index is 12.4. The minimum absolute atomic E-state index is 0.344. The molecule has 1 amide bonds. The Morgan fingerprint density at radius 2 is 1.61 bits per heavy atom. The lowest BCUT2D eigenvalue weighted by Crippen LogP contribution is -2.40. The van der Waals surface area contributed by atoms with E-state index in [1.807, 2.05) is 54.7 Å². The van der Waals surface area contributed by atoms with Crippen LogP contribution in [-0.4, -0.2) is 33.9 Å². The number of pyridine rings is 2. The van der Waals surface area contributed by atoms with Crippen molar-refractivity contribution in [3.05, 3.63) is 94.5 Å². The zero-order valence-electron chi connectivity index (χ0n) is 15.5. The van der Waals surface area contributed by atoms with E-state index in [-0.39, 0.29) is 5.91 Å². The van der Waals surface area contributed by atoms with Gasteiger partial charge in [-0.2, -0.15) is 0 Å². The standard InChI is InChI=1S/C22H23BrN4O/c23-20-5-3-19(4-6-20)21(22(24)28)27(14-9-17-7-12-25-13-8-17)15-10-18-2-1-11-26-16-18/h1-8,11-13,16,21H,9-10,14-15H2,(H2,24,28). The fourth-order valence-corrected chi connectivity index (χ4v) is 3.48. The largest absolute Gasteiger partial charge is 0.368 e. The van der Waals surface area contributed by atoms with Crippen LogP contribution in [0, 0.1) is 0 Å². The third-order valence-electron chi connectivity index (χ3n) is 4.67. The highest BCUT2D eigenvalue weighted by molar-refractivity contribution is 9.10. The number of carbonyl (C=O) groups excluding carboxylic acids is 1. The number of primary amides is 1. The molecule has 0 spiro atoms. The third kappa shape index (κ3) is 5.71. The first-order valence-electron chi connectivity index (χ1n) is 9.20. The predicted octanol–water partition coefficient (Wildman–Crippen LogP) is 3.55. The van der Waals surface area contributed by atoms with Gasteiger partial charge in [-0.15, -0.1) is 0 Å². The van der Waals surface area contributed by atoms with Crippen LogP contribution in [0.3, 0.4) is 0 Å². The topological polar surface area (TPSA) is 72.1 Å². The molecule has 0 bridgehead atoms. The molecule has 0 aliphatic rings. The lowest BCUT2D eigenvalue weighted by atomic mass is 10.0. The monoisotopic (exact) mass is 438 g/mol. The number of benzene rings is 1. The van der Waals surface area contributed by atoms with Crippen molar-refractivity contribution >= 4 is 21.8 Å². The predicted molar refractivity (Wildman–Crippen MR) is 114 cm³/mol. The van der Waals surface area contributed by atoms with Gasteiger partial charge in [0.05, 0.1) is 0 Å². The van der Waals surface area contributed by atoms with Crippen molar-refractivity contribution in [2.24, 2.45) is 5.73 Å². The molecule has 0 saturated heterocycles. The molecule has 5 nitrogen and oxygen atoms in total. The molecule has 0 saturated carbocycles. The number of aromatic nitrogens is 2. The van der Waals surface area contributed by atoms with Gasteiger partial charge in [-0.3, -0.25) is 19.7 Å². The van der Waals surface area contributed by atoms with E-state index in [4.69, 9.17) is 5.73 Å². The third-order valence-corrected chi connectivity index (χ3v) is 5.20. The summed E-state index contributed by atoms with van der Waals surface area (Å²) in [6.07, 6.45) is 8.81. The summed E-state index contributed by atoms with van der Waals surface area (Å²) in [6.45, 7) is 1.42. The van der Waals surface area contributed by atoms with Crippen molar-refractivity contribution in [3.63, 3.8) is 0 Å². The number of nitrogens with two attached hydrogens (primary N) is 1. The molecule has 0 fully saturated rings. The maximum absolute atomic E-state index is 12.4. The Labute approximate surface area is 173 Å². The Bertz CT molecular complexity index is 829. The van der Waals surface area contributed by atoms with Crippen LogP contribution < -0.4 is 5.73 Å². The van der Waals surface area contributed by atoms with E-state index in [2.05, 4.69) is 30.8 Å². The second-order valence-corrected chi connectivity index (χ2v) is 7.52. The molecule has 6 heteroatoms. The number of halogens is 1. The zero-order valence-corrected chi connectivity index (χ0v) is 17.1. The molecule has 2 heterocycles. The second-order valence-electron chi connectivity index (χ2n) is 6.61. The number of rotatable bonds is 9. The van der Waals surface area contributed by atoms with Crippen LogP contribution in [0.4, 0.5) is 0 Å². The van der Waals surface area contributed by atoms with Gasteiger partial charge < -0.3 is 5.73 Å². The van der Waals surface area contributed by atoms with Crippen LogP contribution in [-0.2, 0) is 17.6 Å². The number of hydrogen-bond acceptors (Lipinski definition) is 4. The average Bonchev–Trinajstić information content (AvgIpc) is 2.72. The molecule has 0 aliphatic carbocycles. The maximum Gasteiger partial charge on any atom is 0.239 e. The molecule has 28 heavy (non-hydrogen) atoms. The molecule has 2 aromatic heterocycles. The number of carbonyl (C=O) groups is 1. The first-order chi connectivity index (χ1) is 13.6. The number of hydrogen-bond donors (Lipinski definition) is 1. The smallest absolute Gasteiger partial charge is 0.239 e. The van der Waals surface area contributed by atoms with E-state index in [1.165, 1.54) is 5.56 Å². The Balaban J connectivity index is 1.81. The summed E-state index contributed by atoms with van der Waals surface area (Å²) in [5.41, 5.74) is 9.05. The van der Waals surface area contributed by atoms with Crippen molar-refractivity contribution in [2.45, 2.75) is 18.9 Å². The lowest BCUT2D eigenvalue weighted by Gasteiger charge is -2.30. The molecule has 0 radical (unpaired) electrons. The van der Waals surface area contributed by atoms with E-state index >= 15 is 0 Å². The Hall–Kier alpha value is -2.57. The van der Waals surface area contributed by atoms with Crippen LogP contribution in [0.15, 0.2) is 77.8 Å². The molecule has 2 N–H and O–H groups in total. The Morgan fingerprint density at radius 3 is 2.21 bits per heavy atom. The summed E-state index contributed by atoms with van der Waals surface area (Å²) >= 11 is 3.45. The van der Waals surface area contributed by atoms with Gasteiger partial charge in [0.25, 0.3) is 0 Å². The van der Waals surface area contributed by atoms with Gasteiger partial charge in [0.2, 0.25) is 5.91 Å². The van der Waals surface area contributed by atoms with Crippen molar-refractivity contribution in [3.8, 4) is 0 Å². The van der Waals surface area contributed by atoms with Gasteiger partial charge in [-0.1, -0.05) is 34.1 Å². The van der Waals surface area contributed by atoms with Crippen molar-refractivity contribution in [2.75, 3.05) is 13.1 Å². The van der Waals surface area contributed by atoms with Gasteiger partial charge in [0, 0.05) is 42.3 Å². The first-order valence-corrected chi connectivity index (χ1v) is 9.99. The molecule has 144 valence electrons. The van der Waals surface area contributed by atoms with Crippen LogP contribution >= 0.6 is 15.9 Å². The molecule has 1 aromatic carbocycles. The molecule has 1 atom stereocenters. The minimum Gasteiger partial charge on any atom is -0.368 e. The van der Waals surface area contributed by atoms with Gasteiger partial charge in [0.15, 0.2) is 0 Å². The van der Waals surface area contributed by atoms with Gasteiger partial charge in [0.1, 0.15) is 6.04 Å². The molecule has 3 rings (SSSR count). The SMILES string of the molecule is NC(=O)C(c1ccc(Br)cc1)N(CCc1ccncc1)CCc1cccnc1. The Kier molecular flexibility index (Phi) is 7.28. The van der Waals surface area contributed by atoms with Crippen LogP contribution in [0.1, 0.15) is 22.7 Å². The van der Waals surface area contributed by atoms with E-state index < -0.39 is 6.04 Å². The summed E-state index contributed by atoms with van der Waals surface area (Å²) in [6, 6.07) is 15.3. The van der Waals surface area contributed by atoms with Crippen LogP contribution in [0.2, 0.25) is 0 Å². The average molecular weight is 439 g/mol. The van der Waals surface area contributed by atoms with Crippen LogP contribution in [0.25, 0.3) is 0 Å². The quantitative estimate of drug-likeness (QED) is 0.554. The minimum atomic E-state index is -0.480. The fraction of sp³-hybridized carbons (Fsp3) is 0.227. The second kappa shape index (κ2) is 10.1. The van der Waals surface area contributed by atoms with E-state index in [0.29, 0.717) is 13.1 Å². The summed E-state index contributed by atoms with van der Waals surface area (Å²) in [4.78, 5) is 22.8. The van der Waals surface area contributed by atoms with Crippen LogP contribution in [0.5, 0.6) is 0 Å². The molecular weight excluding hydrogens is 416 g/mol. The Morgan fingerprint density at radius 1 is 0.929 bits per heavy atom. The van der Waals surface area contributed by atoms with Gasteiger partial charge >= 0.3 is 0 Å². The number of amides is 1. The van der Waals surface area contributed by atoms with Crippen molar-refractivity contribution in [1.29, 1.82) is 0 Å². The highest BCUT2D eigenvalue weighted by atomic mass is 79.9.